The zero-order valence-corrected chi connectivity index (χ0v) is 21.0. The number of benzene rings is 6. The minimum Gasteiger partial charge on any atom is -0.289 e. The first-order chi connectivity index (χ1) is 19.4. The van der Waals surface area contributed by atoms with Crippen molar-refractivity contribution in [3.63, 3.8) is 0 Å². The van der Waals surface area contributed by atoms with E-state index in [0.29, 0.717) is 22.3 Å². The fourth-order valence-electron chi connectivity index (χ4n) is 5.20. The lowest BCUT2D eigenvalue weighted by atomic mass is 9.87. The van der Waals surface area contributed by atoms with Crippen LogP contribution in [0.2, 0.25) is 0 Å². The van der Waals surface area contributed by atoms with Crippen molar-refractivity contribution in [2.24, 2.45) is 0 Å². The number of fused-ring (bicyclic) bond motifs is 2. The van der Waals surface area contributed by atoms with E-state index in [4.69, 9.17) is 0 Å². The van der Waals surface area contributed by atoms with Crippen molar-refractivity contribution in [2.45, 2.75) is 0 Å². The molecule has 0 aliphatic heterocycles. The van der Waals surface area contributed by atoms with Gasteiger partial charge >= 0.3 is 0 Å². The average molecular weight is 525 g/mol. The van der Waals surface area contributed by atoms with Crippen LogP contribution < -0.4 is 0 Å². The molecule has 0 unspecified atom stereocenters. The molecular formula is C33H20N2O5. The van der Waals surface area contributed by atoms with E-state index in [0.717, 1.165) is 21.5 Å². The molecule has 0 aromatic heterocycles. The maximum absolute atomic E-state index is 14.3. The van der Waals surface area contributed by atoms with Crippen LogP contribution in [0.25, 0.3) is 43.8 Å². The Balaban J connectivity index is 1.62. The first kappa shape index (κ1) is 24.6. The number of nitro benzene ring substituents is 2. The summed E-state index contributed by atoms with van der Waals surface area (Å²) < 4.78 is 0. The second-order valence-corrected chi connectivity index (χ2v) is 9.36. The SMILES string of the molecule is O=C(c1ccc([N+](=O)[O-])cc1-c1cccc2ccccc12)c1ccc([N+](=O)[O-])cc1-c1cccc2ccccc12. The maximum Gasteiger partial charge on any atom is 0.270 e. The van der Waals surface area contributed by atoms with Gasteiger partial charge in [-0.25, -0.2) is 0 Å². The second-order valence-electron chi connectivity index (χ2n) is 9.36. The molecule has 6 aromatic carbocycles. The third kappa shape index (κ3) is 4.25. The van der Waals surface area contributed by atoms with Crippen molar-refractivity contribution < 1.29 is 14.6 Å². The zero-order valence-electron chi connectivity index (χ0n) is 21.0. The first-order valence-corrected chi connectivity index (χ1v) is 12.5. The van der Waals surface area contributed by atoms with Gasteiger partial charge in [0.1, 0.15) is 0 Å². The zero-order chi connectivity index (χ0) is 27.8. The van der Waals surface area contributed by atoms with Crippen molar-refractivity contribution >= 4 is 38.7 Å². The standard InChI is InChI=1S/C33H20N2O5/c36-33(29-17-15-23(34(37)38)19-31(29)27-13-5-9-21-7-1-3-11-25(21)27)30-18-16-24(35(39)40)20-32(30)28-14-6-10-22-8-2-4-12-26(22)28/h1-20H. The highest BCUT2D eigenvalue weighted by Crippen LogP contribution is 2.38. The Bertz CT molecular complexity index is 1840. The van der Waals surface area contributed by atoms with Gasteiger partial charge in [-0.05, 0) is 44.8 Å². The van der Waals surface area contributed by atoms with E-state index < -0.39 is 15.6 Å². The Morgan fingerprint density at radius 1 is 0.475 bits per heavy atom. The van der Waals surface area contributed by atoms with E-state index >= 15 is 0 Å². The summed E-state index contributed by atoms with van der Waals surface area (Å²) >= 11 is 0. The average Bonchev–Trinajstić information content (AvgIpc) is 2.99. The molecule has 6 rings (SSSR count). The number of carbonyl (C=O) groups excluding carboxylic acids is 1. The fraction of sp³-hybridized carbons (Fsp3) is 0. The predicted molar refractivity (Wildman–Crippen MR) is 156 cm³/mol. The lowest BCUT2D eigenvalue weighted by Crippen LogP contribution is -2.07. The van der Waals surface area contributed by atoms with Crippen LogP contribution in [0.3, 0.4) is 0 Å². The van der Waals surface area contributed by atoms with Gasteiger partial charge in [0.15, 0.2) is 5.78 Å². The van der Waals surface area contributed by atoms with E-state index in [1.165, 1.54) is 36.4 Å². The Labute approximate surface area is 228 Å². The van der Waals surface area contributed by atoms with Gasteiger partial charge < -0.3 is 0 Å². The fourth-order valence-corrected chi connectivity index (χ4v) is 5.20. The van der Waals surface area contributed by atoms with E-state index in [-0.39, 0.29) is 22.5 Å². The van der Waals surface area contributed by atoms with Gasteiger partial charge in [0.2, 0.25) is 0 Å². The van der Waals surface area contributed by atoms with Crippen molar-refractivity contribution in [3.05, 3.63) is 153 Å². The summed E-state index contributed by atoms with van der Waals surface area (Å²) in [7, 11) is 0. The molecule has 0 radical (unpaired) electrons. The molecule has 0 N–H and O–H groups in total. The Kier molecular flexibility index (Phi) is 6.09. The van der Waals surface area contributed by atoms with Gasteiger partial charge in [0, 0.05) is 46.5 Å². The number of hydrogen-bond acceptors (Lipinski definition) is 5. The molecule has 0 saturated carbocycles. The number of non-ortho nitro benzene ring substituents is 2. The van der Waals surface area contributed by atoms with Crippen LogP contribution in [-0.2, 0) is 0 Å². The molecule has 0 heterocycles. The summed E-state index contributed by atoms with van der Waals surface area (Å²) in [6.45, 7) is 0. The van der Waals surface area contributed by atoms with Crippen LogP contribution in [0.5, 0.6) is 0 Å². The molecule has 40 heavy (non-hydrogen) atoms. The summed E-state index contributed by atoms with van der Waals surface area (Å²) in [4.78, 5) is 36.8. The summed E-state index contributed by atoms with van der Waals surface area (Å²) in [6.07, 6.45) is 0. The number of hydrogen-bond donors (Lipinski definition) is 0. The molecule has 6 aromatic rings. The predicted octanol–water partition coefficient (Wildman–Crippen LogP) is 8.37. The van der Waals surface area contributed by atoms with Gasteiger partial charge in [-0.15, -0.1) is 0 Å². The van der Waals surface area contributed by atoms with Crippen molar-refractivity contribution in [1.82, 2.24) is 0 Å². The highest BCUT2D eigenvalue weighted by atomic mass is 16.6. The molecule has 0 aliphatic carbocycles. The van der Waals surface area contributed by atoms with Crippen molar-refractivity contribution in [3.8, 4) is 22.3 Å². The van der Waals surface area contributed by atoms with Crippen LogP contribution in [0.4, 0.5) is 11.4 Å². The first-order valence-electron chi connectivity index (χ1n) is 12.5. The van der Waals surface area contributed by atoms with Crippen LogP contribution in [0.1, 0.15) is 15.9 Å². The van der Waals surface area contributed by atoms with E-state index in [9.17, 15) is 25.0 Å². The van der Waals surface area contributed by atoms with E-state index in [1.54, 1.807) is 0 Å². The van der Waals surface area contributed by atoms with Crippen LogP contribution in [0.15, 0.2) is 121 Å². The number of carbonyl (C=O) groups is 1. The monoisotopic (exact) mass is 524 g/mol. The lowest BCUT2D eigenvalue weighted by Gasteiger charge is -2.15. The second kappa shape index (κ2) is 9.89. The summed E-state index contributed by atoms with van der Waals surface area (Å²) in [5.41, 5.74) is 2.43. The number of ketones is 1. The van der Waals surface area contributed by atoms with Crippen LogP contribution in [-0.4, -0.2) is 15.6 Å². The molecule has 0 spiro atoms. The number of rotatable bonds is 6. The van der Waals surface area contributed by atoms with Crippen molar-refractivity contribution in [1.29, 1.82) is 0 Å². The molecule has 7 nitrogen and oxygen atoms in total. The topological polar surface area (TPSA) is 103 Å². The summed E-state index contributed by atoms with van der Waals surface area (Å²) in [6, 6.07) is 34.9. The quantitative estimate of drug-likeness (QED) is 0.124. The highest BCUT2D eigenvalue weighted by molar-refractivity contribution is 6.18. The Morgan fingerprint density at radius 3 is 1.30 bits per heavy atom. The van der Waals surface area contributed by atoms with Crippen LogP contribution >= 0.6 is 0 Å². The van der Waals surface area contributed by atoms with Crippen molar-refractivity contribution in [2.75, 3.05) is 0 Å². The lowest BCUT2D eigenvalue weighted by molar-refractivity contribution is -0.385. The Morgan fingerprint density at radius 2 is 0.875 bits per heavy atom. The molecule has 0 amide bonds. The van der Waals surface area contributed by atoms with Gasteiger partial charge in [-0.1, -0.05) is 84.9 Å². The largest absolute Gasteiger partial charge is 0.289 e. The molecule has 0 atom stereocenters. The minimum absolute atomic E-state index is 0.141. The smallest absolute Gasteiger partial charge is 0.270 e. The molecule has 0 saturated heterocycles. The van der Waals surface area contributed by atoms with Gasteiger partial charge in [-0.2, -0.15) is 0 Å². The van der Waals surface area contributed by atoms with Gasteiger partial charge in [0.25, 0.3) is 11.4 Å². The number of nitrogens with zero attached hydrogens (tertiary/aromatic N) is 2. The molecule has 7 heteroatoms. The Hall–Kier alpha value is -5.69. The molecular weight excluding hydrogens is 504 g/mol. The maximum atomic E-state index is 14.3. The third-order valence-corrected chi connectivity index (χ3v) is 7.08. The molecule has 0 aliphatic rings. The summed E-state index contributed by atoms with van der Waals surface area (Å²) in [5.74, 6) is -0.393. The molecule has 192 valence electrons. The number of nitro groups is 2. The molecule has 0 bridgehead atoms. The third-order valence-electron chi connectivity index (χ3n) is 7.08. The molecule has 0 fully saturated rings. The normalized spacial score (nSPS) is 11.0. The highest BCUT2D eigenvalue weighted by Gasteiger charge is 2.24. The van der Waals surface area contributed by atoms with Crippen LogP contribution in [0, 0.1) is 20.2 Å². The van der Waals surface area contributed by atoms with E-state index in [2.05, 4.69) is 0 Å². The summed E-state index contributed by atoms with van der Waals surface area (Å²) in [5, 5.41) is 27.0. The van der Waals surface area contributed by atoms with E-state index in [1.807, 2.05) is 84.9 Å². The minimum atomic E-state index is -0.490. The van der Waals surface area contributed by atoms with Gasteiger partial charge in [0.05, 0.1) is 9.85 Å². The van der Waals surface area contributed by atoms with Gasteiger partial charge in [-0.3, -0.25) is 25.0 Å².